The van der Waals surface area contributed by atoms with Crippen LogP contribution in [0.1, 0.15) is 53.9 Å². The maximum absolute atomic E-state index is 13.2. The molecular weight excluding hydrogens is 372 g/mol. The van der Waals surface area contributed by atoms with Crippen molar-refractivity contribution in [1.29, 1.82) is 0 Å². The maximum Gasteiger partial charge on any atom is 0.243 e. The number of nitrogens with one attached hydrogen (secondary N) is 2. The molecule has 0 radical (unpaired) electrons. The average Bonchev–Trinajstić information content (AvgIpc) is 2.97. The molecule has 8 nitrogen and oxygen atoms in total. The van der Waals surface area contributed by atoms with Crippen LogP contribution in [0.2, 0.25) is 0 Å². The fraction of sp³-hybridized carbons (Fsp3) is 0.810. The molecule has 3 fully saturated rings. The van der Waals surface area contributed by atoms with E-state index in [-0.39, 0.29) is 52.7 Å². The summed E-state index contributed by atoms with van der Waals surface area (Å²) in [6.07, 6.45) is 1.17. The summed E-state index contributed by atoms with van der Waals surface area (Å²) in [5.41, 5.74) is 5.34. The van der Waals surface area contributed by atoms with Crippen molar-refractivity contribution in [2.75, 3.05) is 13.1 Å². The zero-order valence-electron chi connectivity index (χ0n) is 18.1. The van der Waals surface area contributed by atoms with Crippen molar-refractivity contribution in [1.82, 2.24) is 15.5 Å². The van der Waals surface area contributed by atoms with E-state index in [4.69, 9.17) is 5.73 Å². The van der Waals surface area contributed by atoms with Crippen molar-refractivity contribution in [2.24, 2.45) is 34.3 Å². The van der Waals surface area contributed by atoms with Gasteiger partial charge in [0.15, 0.2) is 0 Å². The van der Waals surface area contributed by atoms with Crippen molar-refractivity contribution >= 4 is 23.6 Å². The van der Waals surface area contributed by atoms with Gasteiger partial charge in [-0.3, -0.25) is 19.2 Å². The highest BCUT2D eigenvalue weighted by Crippen LogP contribution is 2.65. The van der Waals surface area contributed by atoms with E-state index in [0.29, 0.717) is 25.9 Å². The first-order valence-corrected chi connectivity index (χ1v) is 10.5. The minimum Gasteiger partial charge on any atom is -0.368 e. The monoisotopic (exact) mass is 406 g/mol. The molecule has 0 aromatic rings. The molecule has 2 heterocycles. The highest BCUT2D eigenvalue weighted by Gasteiger charge is 2.69. The van der Waals surface area contributed by atoms with Crippen molar-refractivity contribution < 1.29 is 19.2 Å². The summed E-state index contributed by atoms with van der Waals surface area (Å²) >= 11 is 0. The molecule has 3 rings (SSSR count). The van der Waals surface area contributed by atoms with Crippen LogP contribution in [0.5, 0.6) is 0 Å². The van der Waals surface area contributed by atoms with Crippen LogP contribution in [0, 0.1) is 28.6 Å². The van der Waals surface area contributed by atoms with E-state index >= 15 is 0 Å². The van der Waals surface area contributed by atoms with Crippen molar-refractivity contribution in [3.05, 3.63) is 0 Å². The summed E-state index contributed by atoms with van der Waals surface area (Å²) in [4.78, 5) is 51.6. The maximum atomic E-state index is 13.2. The van der Waals surface area contributed by atoms with Gasteiger partial charge in [-0.2, -0.15) is 0 Å². The van der Waals surface area contributed by atoms with Gasteiger partial charge in [0.25, 0.3) is 0 Å². The second-order valence-corrected chi connectivity index (χ2v) is 10.7. The Morgan fingerprint density at radius 1 is 1.31 bits per heavy atom. The number of nitrogens with zero attached hydrogens (tertiary/aromatic N) is 1. The zero-order chi connectivity index (χ0) is 21.7. The normalized spacial score (nSPS) is 31.1. The van der Waals surface area contributed by atoms with Crippen LogP contribution in [0.15, 0.2) is 0 Å². The quantitative estimate of drug-likeness (QED) is 0.591. The number of carbonyl (C=O) groups excluding carboxylic acids is 4. The first-order chi connectivity index (χ1) is 13.3. The van der Waals surface area contributed by atoms with Crippen LogP contribution in [-0.2, 0) is 19.2 Å². The van der Waals surface area contributed by atoms with E-state index < -0.39 is 18.0 Å². The first-order valence-electron chi connectivity index (χ1n) is 10.5. The second-order valence-electron chi connectivity index (χ2n) is 10.7. The van der Waals surface area contributed by atoms with Gasteiger partial charge in [0.2, 0.25) is 23.6 Å². The Bertz CT molecular complexity index is 727. The van der Waals surface area contributed by atoms with Crippen molar-refractivity contribution in [2.45, 2.75) is 66.0 Å². The van der Waals surface area contributed by atoms with Gasteiger partial charge in [-0.15, -0.1) is 0 Å². The summed E-state index contributed by atoms with van der Waals surface area (Å²) < 4.78 is 0. The molecule has 0 aromatic heterocycles. The zero-order valence-corrected chi connectivity index (χ0v) is 18.1. The lowest BCUT2D eigenvalue weighted by atomic mass is 9.90. The SMILES string of the molecule is CC(C)(C)CC(=O)N1C[C@H]2C([C@H]1C(=O)N[C@@H](C[C@@H]1CCNC1=O)C(N)=O)C2(C)C. The largest absolute Gasteiger partial charge is 0.368 e. The van der Waals surface area contributed by atoms with E-state index in [0.717, 1.165) is 0 Å². The summed E-state index contributed by atoms with van der Waals surface area (Å²) in [5.74, 6) is -1.12. The summed E-state index contributed by atoms with van der Waals surface area (Å²) in [7, 11) is 0. The molecule has 2 aliphatic heterocycles. The van der Waals surface area contributed by atoms with Crippen molar-refractivity contribution in [3.8, 4) is 0 Å². The van der Waals surface area contributed by atoms with E-state index in [1.54, 1.807) is 4.90 Å². The van der Waals surface area contributed by atoms with Crippen molar-refractivity contribution in [3.63, 3.8) is 0 Å². The van der Waals surface area contributed by atoms with Gasteiger partial charge >= 0.3 is 0 Å². The van der Waals surface area contributed by atoms with Gasteiger partial charge in [0, 0.05) is 25.4 Å². The van der Waals surface area contributed by atoms with Crippen LogP contribution >= 0.6 is 0 Å². The fourth-order valence-corrected chi connectivity index (χ4v) is 5.06. The van der Waals surface area contributed by atoms with E-state index in [9.17, 15) is 19.2 Å². The number of rotatable bonds is 6. The summed E-state index contributed by atoms with van der Waals surface area (Å²) in [5, 5.41) is 5.49. The molecule has 0 spiro atoms. The molecule has 4 N–H and O–H groups in total. The summed E-state index contributed by atoms with van der Waals surface area (Å²) in [6, 6.07) is -1.51. The number of nitrogens with two attached hydrogens (primary N) is 1. The molecular formula is C21H34N4O4. The third-order valence-corrected chi connectivity index (χ3v) is 6.82. The number of piperidine rings is 1. The third kappa shape index (κ3) is 4.26. The van der Waals surface area contributed by atoms with Crippen LogP contribution in [0.3, 0.4) is 0 Å². The molecule has 5 atom stereocenters. The molecule has 4 amide bonds. The Morgan fingerprint density at radius 2 is 1.97 bits per heavy atom. The standard InChI is InChI=1S/C21H34N4O4/c1-20(2,3)9-14(26)25-10-12-15(21(12,4)5)16(25)19(29)24-13(17(22)27)8-11-6-7-23-18(11)28/h11-13,15-16H,6-10H2,1-5H3,(H2,22,27)(H,23,28)(H,24,29)/t11-,12-,13-,15?,16-/m0/s1. The number of likely N-dealkylation sites (tertiary alicyclic amines) is 1. The van der Waals surface area contributed by atoms with E-state index in [2.05, 4.69) is 24.5 Å². The van der Waals surface area contributed by atoms with Crippen LogP contribution in [0.4, 0.5) is 0 Å². The highest BCUT2D eigenvalue weighted by molar-refractivity contribution is 5.93. The van der Waals surface area contributed by atoms with Gasteiger partial charge < -0.3 is 21.3 Å². The minimum atomic E-state index is -0.920. The molecule has 2 saturated heterocycles. The molecule has 1 saturated carbocycles. The van der Waals surface area contributed by atoms with Gasteiger partial charge in [-0.25, -0.2) is 0 Å². The van der Waals surface area contributed by atoms with E-state index in [1.165, 1.54) is 0 Å². The number of hydrogen-bond acceptors (Lipinski definition) is 4. The molecule has 0 bridgehead atoms. The smallest absolute Gasteiger partial charge is 0.243 e. The number of primary amides is 1. The predicted octanol–water partition coefficient (Wildman–Crippen LogP) is 0.402. The Labute approximate surface area is 172 Å². The number of fused-ring (bicyclic) bond motifs is 1. The Kier molecular flexibility index (Phi) is 5.43. The molecule has 1 unspecified atom stereocenters. The second kappa shape index (κ2) is 7.29. The molecule has 1 aliphatic carbocycles. The fourth-order valence-electron chi connectivity index (χ4n) is 5.06. The van der Waals surface area contributed by atoms with Crippen LogP contribution in [0.25, 0.3) is 0 Å². The van der Waals surface area contributed by atoms with Gasteiger partial charge in [-0.1, -0.05) is 34.6 Å². The lowest BCUT2D eigenvalue weighted by molar-refractivity contribution is -0.142. The molecule has 0 aromatic carbocycles. The molecule has 29 heavy (non-hydrogen) atoms. The van der Waals surface area contributed by atoms with E-state index in [1.807, 2.05) is 20.8 Å². The van der Waals surface area contributed by atoms with Gasteiger partial charge in [-0.05, 0) is 35.5 Å². The van der Waals surface area contributed by atoms with Gasteiger partial charge in [0.1, 0.15) is 12.1 Å². The average molecular weight is 407 g/mol. The van der Waals surface area contributed by atoms with Crippen LogP contribution in [-0.4, -0.2) is 53.7 Å². The first kappa shape index (κ1) is 21.6. The molecule has 162 valence electrons. The Hall–Kier alpha value is -2.12. The number of carbonyl (C=O) groups is 4. The Balaban J connectivity index is 1.73. The minimum absolute atomic E-state index is 0.00588. The summed E-state index contributed by atoms with van der Waals surface area (Å²) in [6.45, 7) is 11.4. The number of amides is 4. The number of hydrogen-bond donors (Lipinski definition) is 3. The highest BCUT2D eigenvalue weighted by atomic mass is 16.2. The predicted molar refractivity (Wildman–Crippen MR) is 107 cm³/mol. The molecule has 3 aliphatic rings. The lowest BCUT2D eigenvalue weighted by Gasteiger charge is -2.33. The molecule has 8 heteroatoms. The third-order valence-electron chi connectivity index (χ3n) is 6.82. The van der Waals surface area contributed by atoms with Gasteiger partial charge in [0.05, 0.1) is 0 Å². The topological polar surface area (TPSA) is 122 Å². The lowest BCUT2D eigenvalue weighted by Crippen LogP contribution is -2.55. The van der Waals surface area contributed by atoms with Crippen LogP contribution < -0.4 is 16.4 Å². The Morgan fingerprint density at radius 3 is 2.48 bits per heavy atom.